The maximum atomic E-state index is 9.47. The van der Waals surface area contributed by atoms with Crippen molar-refractivity contribution in [1.82, 2.24) is 4.90 Å². The lowest BCUT2D eigenvalue weighted by molar-refractivity contribution is 0.130. The third-order valence-corrected chi connectivity index (χ3v) is 3.27. The van der Waals surface area contributed by atoms with Crippen LogP contribution >= 0.6 is 0 Å². The molecule has 2 nitrogen and oxygen atoms in total. The van der Waals surface area contributed by atoms with Crippen LogP contribution < -0.4 is 0 Å². The molecule has 1 rings (SSSR count). The second-order valence-corrected chi connectivity index (χ2v) is 4.62. The Balaban J connectivity index is 3.07. The topological polar surface area (TPSA) is 23.5 Å². The molecule has 0 fully saturated rings. The SMILES string of the molecule is CCC(CO)C(c1ccccc1C)N(C)C. The lowest BCUT2D eigenvalue weighted by Crippen LogP contribution is -2.29. The Kier molecular flexibility index (Phi) is 4.97. The molecule has 0 aromatic heterocycles. The van der Waals surface area contributed by atoms with Gasteiger partial charge in [0.25, 0.3) is 0 Å². The number of aliphatic hydroxyl groups is 1. The van der Waals surface area contributed by atoms with Crippen molar-refractivity contribution in [3.05, 3.63) is 35.4 Å². The van der Waals surface area contributed by atoms with Crippen molar-refractivity contribution in [1.29, 1.82) is 0 Å². The maximum absolute atomic E-state index is 9.47. The molecule has 0 aliphatic carbocycles. The predicted molar refractivity (Wildman–Crippen MR) is 68.5 cm³/mol. The highest BCUT2D eigenvalue weighted by molar-refractivity contribution is 5.29. The van der Waals surface area contributed by atoms with Gasteiger partial charge in [-0.25, -0.2) is 0 Å². The quantitative estimate of drug-likeness (QED) is 0.826. The Labute approximate surface area is 98.9 Å². The van der Waals surface area contributed by atoms with Crippen molar-refractivity contribution < 1.29 is 5.11 Å². The number of rotatable bonds is 5. The second kappa shape index (κ2) is 6.02. The largest absolute Gasteiger partial charge is 0.396 e. The summed E-state index contributed by atoms with van der Waals surface area (Å²) in [7, 11) is 4.16. The van der Waals surface area contributed by atoms with Gasteiger partial charge in [-0.3, -0.25) is 0 Å². The lowest BCUT2D eigenvalue weighted by atomic mass is 9.88. The van der Waals surface area contributed by atoms with Crippen LogP contribution in [0, 0.1) is 12.8 Å². The Hall–Kier alpha value is -0.860. The second-order valence-electron chi connectivity index (χ2n) is 4.62. The van der Waals surface area contributed by atoms with Gasteiger partial charge in [0, 0.05) is 18.6 Å². The van der Waals surface area contributed by atoms with Crippen molar-refractivity contribution >= 4 is 0 Å². The molecule has 0 aliphatic rings. The molecule has 2 atom stereocenters. The van der Waals surface area contributed by atoms with E-state index >= 15 is 0 Å². The molecule has 2 unspecified atom stereocenters. The van der Waals surface area contributed by atoms with Crippen molar-refractivity contribution in [2.75, 3.05) is 20.7 Å². The van der Waals surface area contributed by atoms with Crippen LogP contribution in [0.3, 0.4) is 0 Å². The molecule has 1 aromatic rings. The van der Waals surface area contributed by atoms with Gasteiger partial charge in [0.2, 0.25) is 0 Å². The van der Waals surface area contributed by atoms with Crippen LogP contribution in [-0.2, 0) is 0 Å². The van der Waals surface area contributed by atoms with Gasteiger partial charge < -0.3 is 10.0 Å². The smallest absolute Gasteiger partial charge is 0.0477 e. The zero-order valence-corrected chi connectivity index (χ0v) is 10.8. The first-order valence-corrected chi connectivity index (χ1v) is 5.94. The number of aliphatic hydroxyl groups excluding tert-OH is 1. The van der Waals surface area contributed by atoms with E-state index in [1.165, 1.54) is 11.1 Å². The normalized spacial score (nSPS) is 15.1. The highest BCUT2D eigenvalue weighted by Crippen LogP contribution is 2.30. The average molecular weight is 221 g/mol. The summed E-state index contributed by atoms with van der Waals surface area (Å²) in [5.74, 6) is 0.302. The van der Waals surface area contributed by atoms with Gasteiger partial charge in [0.15, 0.2) is 0 Å². The fraction of sp³-hybridized carbons (Fsp3) is 0.571. The Bertz CT molecular complexity index is 318. The van der Waals surface area contributed by atoms with E-state index in [9.17, 15) is 5.11 Å². The van der Waals surface area contributed by atoms with Crippen LogP contribution in [0.2, 0.25) is 0 Å². The molecule has 0 heterocycles. The highest BCUT2D eigenvalue weighted by atomic mass is 16.3. The third kappa shape index (κ3) is 2.83. The molecule has 0 aliphatic heterocycles. The van der Waals surface area contributed by atoms with Gasteiger partial charge in [-0.1, -0.05) is 31.2 Å². The number of hydrogen-bond acceptors (Lipinski definition) is 2. The maximum Gasteiger partial charge on any atom is 0.0477 e. The first kappa shape index (κ1) is 13.2. The van der Waals surface area contributed by atoms with Crippen LogP contribution in [-0.4, -0.2) is 30.7 Å². The summed E-state index contributed by atoms with van der Waals surface area (Å²) in [5.41, 5.74) is 2.63. The van der Waals surface area contributed by atoms with Gasteiger partial charge in [0.1, 0.15) is 0 Å². The summed E-state index contributed by atoms with van der Waals surface area (Å²) in [6.45, 7) is 4.51. The van der Waals surface area contributed by atoms with Crippen molar-refractivity contribution in [2.45, 2.75) is 26.3 Å². The molecule has 1 aromatic carbocycles. The monoisotopic (exact) mass is 221 g/mol. The molecular formula is C14H23NO. The van der Waals surface area contributed by atoms with Gasteiger partial charge in [-0.15, -0.1) is 0 Å². The van der Waals surface area contributed by atoms with Gasteiger partial charge >= 0.3 is 0 Å². The summed E-state index contributed by atoms with van der Waals surface area (Å²) >= 11 is 0. The number of aryl methyl sites for hydroxylation is 1. The highest BCUT2D eigenvalue weighted by Gasteiger charge is 2.24. The number of benzene rings is 1. The molecule has 0 spiro atoms. The Morgan fingerprint density at radius 1 is 1.25 bits per heavy atom. The van der Waals surface area contributed by atoms with Crippen LogP contribution in [0.25, 0.3) is 0 Å². The van der Waals surface area contributed by atoms with Crippen molar-refractivity contribution in [3.8, 4) is 0 Å². The summed E-state index contributed by atoms with van der Waals surface area (Å²) in [6.07, 6.45) is 0.994. The van der Waals surface area contributed by atoms with E-state index in [2.05, 4.69) is 57.1 Å². The van der Waals surface area contributed by atoms with Crippen LogP contribution in [0.15, 0.2) is 24.3 Å². The number of hydrogen-bond donors (Lipinski definition) is 1. The van der Waals surface area contributed by atoms with Crippen LogP contribution in [0.4, 0.5) is 0 Å². The molecule has 1 N–H and O–H groups in total. The van der Waals surface area contributed by atoms with E-state index in [-0.39, 0.29) is 6.61 Å². The van der Waals surface area contributed by atoms with Crippen LogP contribution in [0.5, 0.6) is 0 Å². The molecule has 0 radical (unpaired) electrons. The van der Waals surface area contributed by atoms with Crippen LogP contribution in [0.1, 0.15) is 30.5 Å². The van der Waals surface area contributed by atoms with E-state index in [0.29, 0.717) is 12.0 Å². The van der Waals surface area contributed by atoms with Gasteiger partial charge in [-0.2, -0.15) is 0 Å². The standard InChI is InChI=1S/C14H23NO/c1-5-12(10-16)14(15(3)4)13-9-7-6-8-11(13)2/h6-9,12,14,16H,5,10H2,1-4H3. The Morgan fingerprint density at radius 3 is 2.31 bits per heavy atom. The first-order chi connectivity index (χ1) is 7.61. The summed E-state index contributed by atoms with van der Waals surface area (Å²) in [6, 6.07) is 8.74. The molecule has 2 heteroatoms. The fourth-order valence-electron chi connectivity index (χ4n) is 2.32. The van der Waals surface area contributed by atoms with E-state index in [0.717, 1.165) is 6.42 Å². The minimum atomic E-state index is 0.244. The number of nitrogens with zero attached hydrogens (tertiary/aromatic N) is 1. The summed E-state index contributed by atoms with van der Waals surface area (Å²) in [4.78, 5) is 2.20. The molecule has 90 valence electrons. The van der Waals surface area contributed by atoms with Crippen molar-refractivity contribution in [2.24, 2.45) is 5.92 Å². The minimum absolute atomic E-state index is 0.244. The molecule has 0 saturated heterocycles. The fourth-order valence-corrected chi connectivity index (χ4v) is 2.32. The average Bonchev–Trinajstić information content (AvgIpc) is 2.27. The summed E-state index contributed by atoms with van der Waals surface area (Å²) in [5, 5.41) is 9.47. The zero-order chi connectivity index (χ0) is 12.1. The molecule has 16 heavy (non-hydrogen) atoms. The van der Waals surface area contributed by atoms with Gasteiger partial charge in [0.05, 0.1) is 0 Å². The van der Waals surface area contributed by atoms with Crippen molar-refractivity contribution in [3.63, 3.8) is 0 Å². The molecular weight excluding hydrogens is 198 g/mol. The molecule has 0 saturated carbocycles. The molecule has 0 bridgehead atoms. The first-order valence-electron chi connectivity index (χ1n) is 5.94. The minimum Gasteiger partial charge on any atom is -0.396 e. The summed E-state index contributed by atoms with van der Waals surface area (Å²) < 4.78 is 0. The molecule has 0 amide bonds. The third-order valence-electron chi connectivity index (χ3n) is 3.27. The lowest BCUT2D eigenvalue weighted by Gasteiger charge is -2.32. The van der Waals surface area contributed by atoms with E-state index in [4.69, 9.17) is 0 Å². The van der Waals surface area contributed by atoms with E-state index in [1.54, 1.807) is 0 Å². The Morgan fingerprint density at radius 2 is 1.88 bits per heavy atom. The van der Waals surface area contributed by atoms with E-state index < -0.39 is 0 Å². The van der Waals surface area contributed by atoms with E-state index in [1.807, 2.05) is 0 Å². The predicted octanol–water partition coefficient (Wildman–Crippen LogP) is 2.62. The zero-order valence-electron chi connectivity index (χ0n) is 10.8. The van der Waals surface area contributed by atoms with Gasteiger partial charge in [-0.05, 0) is 38.6 Å².